The van der Waals surface area contributed by atoms with Gasteiger partial charge < -0.3 is 4.42 Å². The number of hydrogen-bond acceptors (Lipinski definition) is 5. The van der Waals surface area contributed by atoms with E-state index in [2.05, 4.69) is 91.0 Å². The summed E-state index contributed by atoms with van der Waals surface area (Å²) in [5, 5.41) is 2.09. The minimum Gasteiger partial charge on any atom is -0.456 e. The van der Waals surface area contributed by atoms with Gasteiger partial charge in [0.15, 0.2) is 17.5 Å². The van der Waals surface area contributed by atoms with Gasteiger partial charge in [0.1, 0.15) is 11.2 Å². The van der Waals surface area contributed by atoms with Crippen LogP contribution < -0.4 is 0 Å². The maximum Gasteiger partial charge on any atom is 0.164 e. The number of aromatic nitrogens is 3. The average molecular weight is 660 g/mol. The summed E-state index contributed by atoms with van der Waals surface area (Å²) in [5.74, 6) is 1.84. The molecule has 0 saturated heterocycles. The number of hydrogen-bond donors (Lipinski definition) is 1. The molecular formula is C45H29N3OS. The molecule has 0 bridgehead atoms. The van der Waals surface area contributed by atoms with E-state index in [1.807, 2.05) is 78.9 Å². The Balaban J connectivity index is 1.20. The lowest BCUT2D eigenvalue weighted by Gasteiger charge is -2.17. The molecule has 2 heterocycles. The monoisotopic (exact) mass is 659 g/mol. The molecule has 0 fully saturated rings. The van der Waals surface area contributed by atoms with Crippen molar-refractivity contribution in [2.24, 2.45) is 0 Å². The molecule has 0 aliphatic heterocycles. The molecule has 236 valence electrons. The normalized spacial score (nSPS) is 11.3. The lowest BCUT2D eigenvalue weighted by Crippen LogP contribution is -2.00. The summed E-state index contributed by atoms with van der Waals surface area (Å²) in [6, 6.07) is 57.9. The molecule has 2 aromatic heterocycles. The van der Waals surface area contributed by atoms with E-state index in [-0.39, 0.29) is 0 Å². The maximum atomic E-state index is 6.58. The van der Waals surface area contributed by atoms with Crippen LogP contribution in [0.5, 0.6) is 0 Å². The summed E-state index contributed by atoms with van der Waals surface area (Å²) < 4.78 is 6.58. The van der Waals surface area contributed by atoms with Gasteiger partial charge in [-0.3, -0.25) is 0 Å². The van der Waals surface area contributed by atoms with Crippen LogP contribution in [0.25, 0.3) is 89.5 Å². The predicted octanol–water partition coefficient (Wildman–Crippen LogP) is 12.1. The largest absolute Gasteiger partial charge is 0.456 e. The third-order valence-corrected chi connectivity index (χ3v) is 9.44. The van der Waals surface area contributed by atoms with Gasteiger partial charge in [0.2, 0.25) is 0 Å². The topological polar surface area (TPSA) is 51.8 Å². The Bertz CT molecular complexity index is 2600. The predicted molar refractivity (Wildman–Crippen MR) is 207 cm³/mol. The van der Waals surface area contributed by atoms with Gasteiger partial charge in [-0.15, -0.1) is 12.6 Å². The van der Waals surface area contributed by atoms with Crippen molar-refractivity contribution in [3.63, 3.8) is 0 Å². The number of benzene rings is 7. The van der Waals surface area contributed by atoms with E-state index in [0.717, 1.165) is 76.9 Å². The van der Waals surface area contributed by atoms with Crippen LogP contribution in [0.3, 0.4) is 0 Å². The van der Waals surface area contributed by atoms with Crippen LogP contribution in [0.15, 0.2) is 179 Å². The van der Waals surface area contributed by atoms with Gasteiger partial charge in [0.05, 0.1) is 0 Å². The molecule has 50 heavy (non-hydrogen) atoms. The van der Waals surface area contributed by atoms with Crippen LogP contribution in [0.4, 0.5) is 0 Å². The Morgan fingerprint density at radius 2 is 0.880 bits per heavy atom. The molecule has 0 spiro atoms. The zero-order chi connectivity index (χ0) is 33.4. The molecule has 0 N–H and O–H groups in total. The Kier molecular flexibility index (Phi) is 7.52. The molecule has 0 saturated carbocycles. The average Bonchev–Trinajstić information content (AvgIpc) is 3.57. The van der Waals surface area contributed by atoms with Crippen molar-refractivity contribution in [3.05, 3.63) is 170 Å². The Morgan fingerprint density at radius 3 is 1.52 bits per heavy atom. The van der Waals surface area contributed by atoms with Crippen molar-refractivity contribution >= 4 is 34.6 Å². The fourth-order valence-corrected chi connectivity index (χ4v) is 7.09. The number of nitrogens with zero attached hydrogens (tertiary/aromatic N) is 3. The highest BCUT2D eigenvalue weighted by Crippen LogP contribution is 2.44. The van der Waals surface area contributed by atoms with Crippen LogP contribution in [-0.2, 0) is 0 Å². The van der Waals surface area contributed by atoms with E-state index in [1.165, 1.54) is 0 Å². The SMILES string of the molecule is Sc1cccc(-c2ccccc2-c2cccc3oc4cc(-c5nc(-c6ccccc6)nc(-c6ccccc6)n5)ccc4c23)c1-c1ccccc1. The second kappa shape index (κ2) is 12.6. The quantitative estimate of drug-likeness (QED) is 0.181. The minimum atomic E-state index is 0.589. The molecule has 0 unspecified atom stereocenters. The summed E-state index contributed by atoms with van der Waals surface area (Å²) in [4.78, 5) is 15.7. The first kappa shape index (κ1) is 29.8. The fourth-order valence-electron chi connectivity index (χ4n) is 6.75. The molecule has 4 nitrogen and oxygen atoms in total. The minimum absolute atomic E-state index is 0.589. The second-order valence-corrected chi connectivity index (χ2v) is 12.6. The van der Waals surface area contributed by atoms with Gasteiger partial charge in [0, 0.05) is 37.9 Å². The highest BCUT2D eigenvalue weighted by molar-refractivity contribution is 7.80. The van der Waals surface area contributed by atoms with Crippen molar-refractivity contribution in [2.75, 3.05) is 0 Å². The second-order valence-electron chi connectivity index (χ2n) is 12.1. The highest BCUT2D eigenvalue weighted by Gasteiger charge is 2.19. The van der Waals surface area contributed by atoms with Crippen LogP contribution in [-0.4, -0.2) is 15.0 Å². The Labute approximate surface area is 295 Å². The first-order valence-electron chi connectivity index (χ1n) is 16.5. The smallest absolute Gasteiger partial charge is 0.164 e. The van der Waals surface area contributed by atoms with Gasteiger partial charge in [-0.1, -0.05) is 146 Å². The first-order chi connectivity index (χ1) is 24.7. The third kappa shape index (κ3) is 5.34. The van der Waals surface area contributed by atoms with Gasteiger partial charge in [-0.05, 0) is 52.1 Å². The molecule has 9 rings (SSSR count). The summed E-state index contributed by atoms with van der Waals surface area (Å²) in [6.07, 6.45) is 0. The molecule has 0 aliphatic carbocycles. The lowest BCUT2D eigenvalue weighted by molar-refractivity contribution is 0.669. The van der Waals surface area contributed by atoms with Gasteiger partial charge in [-0.2, -0.15) is 0 Å². The van der Waals surface area contributed by atoms with Crippen LogP contribution in [0.1, 0.15) is 0 Å². The summed E-state index contributed by atoms with van der Waals surface area (Å²) >= 11 is 4.91. The molecule has 0 aliphatic rings. The lowest BCUT2D eigenvalue weighted by atomic mass is 9.88. The van der Waals surface area contributed by atoms with Crippen LogP contribution in [0, 0.1) is 0 Å². The van der Waals surface area contributed by atoms with Gasteiger partial charge >= 0.3 is 0 Å². The van der Waals surface area contributed by atoms with Crippen molar-refractivity contribution in [1.82, 2.24) is 15.0 Å². The van der Waals surface area contributed by atoms with E-state index in [1.54, 1.807) is 0 Å². The molecule has 0 radical (unpaired) electrons. The summed E-state index contributed by atoms with van der Waals surface area (Å²) in [7, 11) is 0. The number of furan rings is 1. The number of thiol groups is 1. The number of fused-ring (bicyclic) bond motifs is 3. The van der Waals surface area contributed by atoms with Crippen molar-refractivity contribution in [2.45, 2.75) is 4.90 Å². The van der Waals surface area contributed by atoms with Crippen LogP contribution in [0.2, 0.25) is 0 Å². The molecule has 5 heteroatoms. The summed E-state index contributed by atoms with van der Waals surface area (Å²) in [6.45, 7) is 0. The Morgan fingerprint density at radius 1 is 0.380 bits per heavy atom. The maximum absolute atomic E-state index is 6.58. The van der Waals surface area contributed by atoms with E-state index >= 15 is 0 Å². The Hall–Kier alpha value is -6.30. The molecule has 9 aromatic rings. The van der Waals surface area contributed by atoms with Crippen molar-refractivity contribution < 1.29 is 4.42 Å². The zero-order valence-corrected chi connectivity index (χ0v) is 27.8. The third-order valence-electron chi connectivity index (χ3n) is 9.07. The van der Waals surface area contributed by atoms with E-state index in [9.17, 15) is 0 Å². The summed E-state index contributed by atoms with van der Waals surface area (Å²) in [5.41, 5.74) is 11.0. The number of rotatable bonds is 6. The van der Waals surface area contributed by atoms with E-state index < -0.39 is 0 Å². The van der Waals surface area contributed by atoms with Gasteiger partial charge in [-0.25, -0.2) is 15.0 Å². The van der Waals surface area contributed by atoms with E-state index in [4.69, 9.17) is 32.0 Å². The standard InChI is InChI=1S/C45H29N3OS/c50-40-25-13-23-35(41(40)29-14-4-1-5-15-29)33-20-10-11-21-34(33)36-22-12-24-38-42(36)37-27-26-32(28-39(37)49-38)45-47-43(30-16-6-2-7-17-30)46-44(48-45)31-18-8-3-9-19-31/h1-28,50H. The zero-order valence-electron chi connectivity index (χ0n) is 26.9. The van der Waals surface area contributed by atoms with Crippen LogP contribution >= 0.6 is 12.6 Å². The molecular weight excluding hydrogens is 631 g/mol. The van der Waals surface area contributed by atoms with Crippen molar-refractivity contribution in [1.29, 1.82) is 0 Å². The highest BCUT2D eigenvalue weighted by atomic mass is 32.1. The van der Waals surface area contributed by atoms with Gasteiger partial charge in [0.25, 0.3) is 0 Å². The molecule has 0 amide bonds. The molecule has 0 atom stereocenters. The van der Waals surface area contributed by atoms with E-state index in [0.29, 0.717) is 17.5 Å². The van der Waals surface area contributed by atoms with Crippen molar-refractivity contribution in [3.8, 4) is 67.5 Å². The fraction of sp³-hybridized carbons (Fsp3) is 0. The first-order valence-corrected chi connectivity index (χ1v) is 17.0. The molecule has 7 aromatic carbocycles.